The smallest absolute Gasteiger partial charge is 0.295 e. The average molecular weight is 444 g/mol. The Bertz CT molecular complexity index is 895. The van der Waals surface area contributed by atoms with E-state index in [0.29, 0.717) is 17.7 Å². The SMILES string of the molecule is CN(C)CCCN1C(=O)C(=O)/C(=C(/O)c2ccc(Br)cc2)[C@H]1c1cccnc1. The van der Waals surface area contributed by atoms with Gasteiger partial charge in [0.1, 0.15) is 5.76 Å². The van der Waals surface area contributed by atoms with Gasteiger partial charge in [-0.25, -0.2) is 0 Å². The Labute approximate surface area is 172 Å². The monoisotopic (exact) mass is 443 g/mol. The van der Waals surface area contributed by atoms with E-state index in [9.17, 15) is 14.7 Å². The van der Waals surface area contributed by atoms with Crippen LogP contribution in [0.2, 0.25) is 0 Å². The number of nitrogens with zero attached hydrogens (tertiary/aromatic N) is 3. The molecule has 0 unspecified atom stereocenters. The number of hydrogen-bond donors (Lipinski definition) is 1. The number of aliphatic hydroxyl groups is 1. The van der Waals surface area contributed by atoms with E-state index in [4.69, 9.17) is 0 Å². The topological polar surface area (TPSA) is 73.7 Å². The molecule has 1 fully saturated rings. The molecule has 1 aliphatic heterocycles. The lowest BCUT2D eigenvalue weighted by Crippen LogP contribution is -2.32. The van der Waals surface area contributed by atoms with Gasteiger partial charge in [-0.1, -0.05) is 34.1 Å². The largest absolute Gasteiger partial charge is 0.507 e. The zero-order valence-corrected chi connectivity index (χ0v) is 17.4. The molecule has 1 aromatic carbocycles. The normalized spacial score (nSPS) is 18.9. The van der Waals surface area contributed by atoms with E-state index in [2.05, 4.69) is 20.9 Å². The zero-order valence-electron chi connectivity index (χ0n) is 15.8. The summed E-state index contributed by atoms with van der Waals surface area (Å²) in [6, 6.07) is 9.90. The predicted molar refractivity (Wildman–Crippen MR) is 111 cm³/mol. The minimum atomic E-state index is -0.667. The molecular weight excluding hydrogens is 422 g/mol. The summed E-state index contributed by atoms with van der Waals surface area (Å²) >= 11 is 3.36. The van der Waals surface area contributed by atoms with Gasteiger partial charge >= 0.3 is 0 Å². The first-order valence-corrected chi connectivity index (χ1v) is 9.78. The van der Waals surface area contributed by atoms with Crippen LogP contribution in [0.4, 0.5) is 0 Å². The summed E-state index contributed by atoms with van der Waals surface area (Å²) in [5, 5.41) is 10.9. The van der Waals surface area contributed by atoms with Gasteiger partial charge in [-0.2, -0.15) is 0 Å². The lowest BCUT2D eigenvalue weighted by Gasteiger charge is -2.25. The van der Waals surface area contributed by atoms with E-state index in [1.807, 2.05) is 25.1 Å². The zero-order chi connectivity index (χ0) is 20.3. The van der Waals surface area contributed by atoms with Crippen molar-refractivity contribution in [1.82, 2.24) is 14.8 Å². The van der Waals surface area contributed by atoms with Crippen LogP contribution < -0.4 is 0 Å². The number of benzene rings is 1. The summed E-state index contributed by atoms with van der Waals surface area (Å²) in [5.41, 5.74) is 1.29. The van der Waals surface area contributed by atoms with Crippen molar-refractivity contribution in [3.05, 3.63) is 70.0 Å². The van der Waals surface area contributed by atoms with Gasteiger partial charge in [0.05, 0.1) is 11.6 Å². The third kappa shape index (κ3) is 4.15. The number of ketones is 1. The fourth-order valence-electron chi connectivity index (χ4n) is 3.32. The molecule has 6 nitrogen and oxygen atoms in total. The van der Waals surface area contributed by atoms with E-state index in [1.54, 1.807) is 42.7 Å². The second-order valence-electron chi connectivity index (χ2n) is 6.94. The van der Waals surface area contributed by atoms with Crippen LogP contribution in [0.1, 0.15) is 23.6 Å². The first kappa shape index (κ1) is 20.2. The molecule has 0 bridgehead atoms. The van der Waals surface area contributed by atoms with Gasteiger partial charge in [-0.05, 0) is 50.8 Å². The number of aromatic nitrogens is 1. The van der Waals surface area contributed by atoms with Crippen molar-refractivity contribution in [3.8, 4) is 0 Å². The Morgan fingerprint density at radius 3 is 2.54 bits per heavy atom. The highest BCUT2D eigenvalue weighted by atomic mass is 79.9. The van der Waals surface area contributed by atoms with Gasteiger partial charge in [0.25, 0.3) is 11.7 Å². The maximum atomic E-state index is 12.8. The van der Waals surface area contributed by atoms with E-state index < -0.39 is 17.7 Å². The van der Waals surface area contributed by atoms with Gasteiger partial charge in [0.15, 0.2) is 0 Å². The lowest BCUT2D eigenvalue weighted by atomic mass is 9.96. The molecule has 0 spiro atoms. The fourth-order valence-corrected chi connectivity index (χ4v) is 3.58. The first-order chi connectivity index (χ1) is 13.4. The molecule has 28 heavy (non-hydrogen) atoms. The van der Waals surface area contributed by atoms with Crippen molar-refractivity contribution in [2.75, 3.05) is 27.2 Å². The molecule has 1 atom stereocenters. The lowest BCUT2D eigenvalue weighted by molar-refractivity contribution is -0.139. The first-order valence-electron chi connectivity index (χ1n) is 8.99. The molecule has 146 valence electrons. The molecule has 3 rings (SSSR count). The number of pyridine rings is 1. The Kier molecular flexibility index (Phi) is 6.26. The van der Waals surface area contributed by atoms with Crippen LogP contribution in [0.5, 0.6) is 0 Å². The number of rotatable bonds is 6. The Morgan fingerprint density at radius 2 is 1.93 bits per heavy atom. The summed E-state index contributed by atoms with van der Waals surface area (Å²) in [4.78, 5) is 33.3. The highest BCUT2D eigenvalue weighted by Gasteiger charge is 2.45. The second-order valence-corrected chi connectivity index (χ2v) is 7.86. The minimum absolute atomic E-state index is 0.102. The van der Waals surface area contributed by atoms with Gasteiger partial charge in [0, 0.05) is 29.0 Å². The number of carbonyl (C=O) groups excluding carboxylic acids is 2. The van der Waals surface area contributed by atoms with Crippen LogP contribution >= 0.6 is 15.9 Å². The summed E-state index contributed by atoms with van der Waals surface area (Å²) in [6.07, 6.45) is 3.98. The Balaban J connectivity index is 2.06. The second kappa shape index (κ2) is 8.67. The van der Waals surface area contributed by atoms with Crippen LogP contribution in [0.25, 0.3) is 5.76 Å². The Morgan fingerprint density at radius 1 is 1.21 bits per heavy atom. The molecule has 7 heteroatoms. The number of carbonyl (C=O) groups is 2. The molecule has 1 amide bonds. The molecule has 0 radical (unpaired) electrons. The third-order valence-electron chi connectivity index (χ3n) is 4.66. The minimum Gasteiger partial charge on any atom is -0.507 e. The Hall–Kier alpha value is -2.51. The van der Waals surface area contributed by atoms with Gasteiger partial charge in [-0.15, -0.1) is 0 Å². The van der Waals surface area contributed by atoms with E-state index in [0.717, 1.165) is 17.4 Å². The number of aliphatic hydroxyl groups excluding tert-OH is 1. The van der Waals surface area contributed by atoms with Crippen molar-refractivity contribution in [3.63, 3.8) is 0 Å². The average Bonchev–Trinajstić information content (AvgIpc) is 2.93. The number of halogens is 1. The molecule has 1 saturated heterocycles. The molecule has 0 saturated carbocycles. The molecule has 1 aliphatic rings. The molecule has 1 aromatic heterocycles. The maximum absolute atomic E-state index is 12.8. The fraction of sp³-hybridized carbons (Fsp3) is 0.286. The van der Waals surface area contributed by atoms with E-state index in [-0.39, 0.29) is 11.3 Å². The van der Waals surface area contributed by atoms with E-state index >= 15 is 0 Å². The summed E-state index contributed by atoms with van der Waals surface area (Å²) in [6.45, 7) is 1.20. The molecular formula is C21H22BrN3O3. The molecule has 2 heterocycles. The van der Waals surface area contributed by atoms with Gasteiger partial charge < -0.3 is 14.9 Å². The van der Waals surface area contributed by atoms with Crippen LogP contribution in [0, 0.1) is 0 Å². The van der Waals surface area contributed by atoms with Crippen molar-refractivity contribution < 1.29 is 14.7 Å². The molecule has 2 aromatic rings. The third-order valence-corrected chi connectivity index (χ3v) is 5.19. The van der Waals surface area contributed by atoms with Crippen LogP contribution in [-0.4, -0.2) is 58.8 Å². The molecule has 1 N–H and O–H groups in total. The number of likely N-dealkylation sites (tertiary alicyclic amines) is 1. The number of Topliss-reactive ketones (excluding diaryl/α,β-unsaturated/α-hetero) is 1. The van der Waals surface area contributed by atoms with Crippen molar-refractivity contribution >= 4 is 33.4 Å². The summed E-state index contributed by atoms with van der Waals surface area (Å²) in [5.74, 6) is -1.43. The van der Waals surface area contributed by atoms with Crippen molar-refractivity contribution in [2.45, 2.75) is 12.5 Å². The van der Waals surface area contributed by atoms with Crippen LogP contribution in [0.3, 0.4) is 0 Å². The maximum Gasteiger partial charge on any atom is 0.295 e. The van der Waals surface area contributed by atoms with E-state index in [1.165, 1.54) is 4.90 Å². The van der Waals surface area contributed by atoms with Crippen molar-refractivity contribution in [1.29, 1.82) is 0 Å². The van der Waals surface area contributed by atoms with Gasteiger partial charge in [0.2, 0.25) is 0 Å². The van der Waals surface area contributed by atoms with Crippen LogP contribution in [0.15, 0.2) is 58.8 Å². The number of amides is 1. The van der Waals surface area contributed by atoms with Crippen LogP contribution in [-0.2, 0) is 9.59 Å². The highest BCUT2D eigenvalue weighted by Crippen LogP contribution is 2.39. The predicted octanol–water partition coefficient (Wildman–Crippen LogP) is 3.22. The summed E-state index contributed by atoms with van der Waals surface area (Å²) in [7, 11) is 3.92. The van der Waals surface area contributed by atoms with Crippen molar-refractivity contribution in [2.24, 2.45) is 0 Å². The summed E-state index contributed by atoms with van der Waals surface area (Å²) < 4.78 is 0.858. The molecule has 0 aliphatic carbocycles. The number of hydrogen-bond acceptors (Lipinski definition) is 5. The van der Waals surface area contributed by atoms with Gasteiger partial charge in [-0.3, -0.25) is 14.6 Å². The highest BCUT2D eigenvalue weighted by molar-refractivity contribution is 9.10. The standard InChI is InChI=1S/C21H22BrN3O3/c1-24(2)11-4-12-25-18(15-5-3-10-23-13-15)17(20(27)21(25)28)19(26)14-6-8-16(22)9-7-14/h3,5-10,13,18,26H,4,11-12H2,1-2H3/b19-17+/t18-/m1/s1. The quantitative estimate of drug-likeness (QED) is 0.421.